The van der Waals surface area contributed by atoms with Crippen molar-refractivity contribution in [1.29, 1.82) is 0 Å². The molecule has 0 bridgehead atoms. The molecule has 0 aliphatic rings. The maximum Gasteiger partial charge on any atom is 0.141 e. The van der Waals surface area contributed by atoms with Crippen molar-refractivity contribution >= 4 is 46.4 Å². The summed E-state index contributed by atoms with van der Waals surface area (Å²) in [6.45, 7) is 11.7. The molecule has 0 atom stereocenters. The van der Waals surface area contributed by atoms with E-state index in [9.17, 15) is 0 Å². The summed E-state index contributed by atoms with van der Waals surface area (Å²) in [7, 11) is -1.34. The number of benzene rings is 5. The van der Waals surface area contributed by atoms with Gasteiger partial charge in [0.2, 0.25) is 0 Å². The van der Waals surface area contributed by atoms with Gasteiger partial charge in [0.05, 0.1) is 24.9 Å². The second kappa shape index (κ2) is 16.1. The number of aromatic nitrogens is 4. The minimum Gasteiger partial charge on any atom is -0.483 e. The molecule has 7 heteroatoms. The van der Waals surface area contributed by atoms with Crippen LogP contribution in [0.1, 0.15) is 19.4 Å². The largest absolute Gasteiger partial charge is 0.483 e. The number of fused-ring (bicyclic) bond motifs is 4. The third-order valence-electron chi connectivity index (χ3n) is 9.62. The van der Waals surface area contributed by atoms with Gasteiger partial charge in [-0.2, -0.15) is 0 Å². The number of hydrogen-bond acceptors (Lipinski definition) is 4. The van der Waals surface area contributed by atoms with E-state index in [1.165, 1.54) is 10.8 Å². The number of pyridine rings is 2. The van der Waals surface area contributed by atoms with Gasteiger partial charge in [-0.1, -0.05) is 130 Å². The molecule has 0 spiro atoms. The fourth-order valence-electron chi connectivity index (χ4n) is 7.14. The Morgan fingerprint density at radius 3 is 2.25 bits per heavy atom. The summed E-state index contributed by atoms with van der Waals surface area (Å²) in [4.78, 5) is 14.2. The van der Waals surface area contributed by atoms with E-state index >= 15 is 0 Å². The molecule has 0 saturated carbocycles. The molecule has 0 saturated heterocycles. The molecular formula is C48H42IrN4OSi-2. The van der Waals surface area contributed by atoms with E-state index in [0.717, 1.165) is 73.3 Å². The van der Waals surface area contributed by atoms with Gasteiger partial charge < -0.3 is 19.0 Å². The number of hydrogen-bond donors (Lipinski definition) is 0. The van der Waals surface area contributed by atoms with Crippen molar-refractivity contribution in [2.45, 2.75) is 39.9 Å². The molecule has 5 nitrogen and oxygen atoms in total. The second-order valence-electron chi connectivity index (χ2n) is 15.1. The van der Waals surface area contributed by atoms with Gasteiger partial charge in [-0.05, 0) is 64.6 Å². The Labute approximate surface area is 337 Å². The molecule has 0 amide bonds. The number of para-hydroxylation sites is 4. The average molecular weight is 911 g/mol. The topological polar surface area (TPSA) is 56.7 Å². The van der Waals surface area contributed by atoms with Crippen molar-refractivity contribution in [2.24, 2.45) is 5.92 Å². The molecule has 0 fully saturated rings. The number of furan rings is 1. The summed E-state index contributed by atoms with van der Waals surface area (Å²) >= 11 is 0. The Balaban J connectivity index is 0.000000191. The van der Waals surface area contributed by atoms with Gasteiger partial charge in [0.15, 0.2) is 0 Å². The molecule has 9 aromatic rings. The first-order chi connectivity index (χ1) is 26.2. The monoisotopic (exact) mass is 911 g/mol. The Hall–Kier alpha value is -5.46. The van der Waals surface area contributed by atoms with Crippen molar-refractivity contribution in [3.8, 4) is 39.5 Å². The molecular weight excluding hydrogens is 869 g/mol. The molecule has 0 unspecified atom stereocenters. The van der Waals surface area contributed by atoms with E-state index in [1.807, 2.05) is 60.7 Å². The van der Waals surface area contributed by atoms with Crippen LogP contribution in [-0.4, -0.2) is 27.6 Å². The van der Waals surface area contributed by atoms with Crippen molar-refractivity contribution < 1.29 is 24.5 Å². The molecule has 4 heterocycles. The fraction of sp³-hybridized carbons (Fsp3) is 0.146. The average Bonchev–Trinajstić information content (AvgIpc) is 3.77. The smallest absolute Gasteiger partial charge is 0.141 e. The minimum atomic E-state index is -1.34. The normalized spacial score (nSPS) is 11.5. The SMILES string of the molecule is CC(C)Cc1cc(-c2[c-]cccc2)ncc1[Si](C)(C)C.[Ir].[c-]1nc2oc3ccccc3c2cc1-c1nc2ccccc2n1-c1ccccc1-c1ccccc1. The molecule has 0 aliphatic heterocycles. The Morgan fingerprint density at radius 2 is 1.47 bits per heavy atom. The zero-order valence-corrected chi connectivity index (χ0v) is 35.1. The van der Waals surface area contributed by atoms with Crippen molar-refractivity contribution in [1.82, 2.24) is 19.5 Å². The van der Waals surface area contributed by atoms with Crippen molar-refractivity contribution in [3.63, 3.8) is 0 Å². The second-order valence-corrected chi connectivity index (χ2v) is 20.1. The van der Waals surface area contributed by atoms with E-state index in [1.54, 1.807) is 0 Å². The van der Waals surface area contributed by atoms with Gasteiger partial charge in [-0.25, -0.2) is 0 Å². The van der Waals surface area contributed by atoms with Gasteiger partial charge in [-0.3, -0.25) is 4.98 Å². The first kappa shape index (κ1) is 37.8. The summed E-state index contributed by atoms with van der Waals surface area (Å²) in [6, 6.07) is 50.8. The first-order valence-corrected chi connectivity index (χ1v) is 22.0. The molecule has 55 heavy (non-hydrogen) atoms. The van der Waals surface area contributed by atoms with Crippen molar-refractivity contribution in [2.75, 3.05) is 0 Å². The van der Waals surface area contributed by atoms with E-state index in [-0.39, 0.29) is 20.1 Å². The zero-order chi connectivity index (χ0) is 37.2. The zero-order valence-electron chi connectivity index (χ0n) is 31.7. The van der Waals surface area contributed by atoms with Crippen LogP contribution in [0, 0.1) is 18.2 Å². The van der Waals surface area contributed by atoms with Crippen LogP contribution in [-0.2, 0) is 26.5 Å². The Bertz CT molecular complexity index is 2710. The van der Waals surface area contributed by atoms with Crippen LogP contribution in [0.2, 0.25) is 19.6 Å². The Kier molecular flexibility index (Phi) is 11.1. The number of imidazole rings is 1. The van der Waals surface area contributed by atoms with Crippen LogP contribution < -0.4 is 5.19 Å². The summed E-state index contributed by atoms with van der Waals surface area (Å²) in [6.07, 6.45) is 6.43. The van der Waals surface area contributed by atoms with Crippen molar-refractivity contribution in [3.05, 3.63) is 164 Å². The molecule has 5 aromatic carbocycles. The molecule has 9 rings (SSSR count). The summed E-state index contributed by atoms with van der Waals surface area (Å²) < 4.78 is 8.13. The number of nitrogens with zero attached hydrogens (tertiary/aromatic N) is 4. The third-order valence-corrected chi connectivity index (χ3v) is 11.7. The summed E-state index contributed by atoms with van der Waals surface area (Å²) in [5.41, 5.74) is 11.1. The quantitative estimate of drug-likeness (QED) is 0.118. The molecule has 4 aromatic heterocycles. The fourth-order valence-corrected chi connectivity index (χ4v) is 8.73. The molecule has 0 aliphatic carbocycles. The van der Waals surface area contributed by atoms with Crippen LogP contribution >= 0.6 is 0 Å². The predicted molar refractivity (Wildman–Crippen MR) is 226 cm³/mol. The molecule has 1 radical (unpaired) electrons. The minimum absolute atomic E-state index is 0. The maximum atomic E-state index is 5.92. The van der Waals surface area contributed by atoms with Gasteiger partial charge >= 0.3 is 0 Å². The van der Waals surface area contributed by atoms with Crippen LogP contribution in [0.3, 0.4) is 0 Å². The van der Waals surface area contributed by atoms with Gasteiger partial charge in [0, 0.05) is 42.9 Å². The summed E-state index contributed by atoms with van der Waals surface area (Å²) in [5, 5.41) is 3.48. The van der Waals surface area contributed by atoms with Crippen LogP contribution in [0.5, 0.6) is 0 Å². The van der Waals surface area contributed by atoms with Crippen LogP contribution in [0.4, 0.5) is 0 Å². The standard InChI is InChI=1S/C30H18N3O.C18H24NSi.Ir/c1-2-10-20(11-3-1)22-12-4-7-15-26(22)33-27-16-8-6-14-25(27)32-29(33)21-18-24-23-13-5-9-17-28(23)34-30(24)31-19-21;1-14(2)11-16-12-17(15-9-7-6-8-10-15)19-13-18(16)20(3,4)5;/h1-18H;6-9,12-14H,11H2,1-5H3;/q2*-1;. The van der Waals surface area contributed by atoms with Gasteiger partial charge in [0.25, 0.3) is 0 Å². The molecule has 275 valence electrons. The Morgan fingerprint density at radius 1 is 0.745 bits per heavy atom. The number of rotatable bonds is 7. The predicted octanol–water partition coefficient (Wildman–Crippen LogP) is 11.7. The van der Waals surface area contributed by atoms with Gasteiger partial charge in [-0.15, -0.1) is 42.0 Å². The van der Waals surface area contributed by atoms with E-state index < -0.39 is 8.07 Å². The third kappa shape index (κ3) is 7.87. The van der Waals surface area contributed by atoms with E-state index in [2.05, 4.69) is 145 Å². The van der Waals surface area contributed by atoms with Crippen LogP contribution in [0.25, 0.3) is 72.6 Å². The summed E-state index contributed by atoms with van der Waals surface area (Å²) in [5.74, 6) is 1.46. The van der Waals surface area contributed by atoms with E-state index in [4.69, 9.17) is 9.40 Å². The van der Waals surface area contributed by atoms with Crippen LogP contribution in [0.15, 0.2) is 150 Å². The van der Waals surface area contributed by atoms with E-state index in [0.29, 0.717) is 11.6 Å². The molecule has 0 N–H and O–H groups in total. The maximum absolute atomic E-state index is 5.92. The first-order valence-electron chi connectivity index (χ1n) is 18.5. The van der Waals surface area contributed by atoms with Gasteiger partial charge in [0.1, 0.15) is 11.3 Å².